The number of anilines is 1. The van der Waals surface area contributed by atoms with Gasteiger partial charge in [0.05, 0.1) is 5.56 Å². The van der Waals surface area contributed by atoms with E-state index in [2.05, 4.69) is 15.5 Å². The van der Waals surface area contributed by atoms with Crippen molar-refractivity contribution in [1.29, 1.82) is 0 Å². The first kappa shape index (κ1) is 15.2. The number of carboxylic acid groups (broad SMARTS) is 1. The topological polar surface area (TPSA) is 75.1 Å². The Morgan fingerprint density at radius 3 is 2.62 bits per heavy atom. The summed E-state index contributed by atoms with van der Waals surface area (Å²) in [7, 11) is 0. The van der Waals surface area contributed by atoms with E-state index in [1.165, 1.54) is 6.07 Å². The first-order valence-electron chi connectivity index (χ1n) is 5.83. The standard InChI is InChI=1S/C12H10F3N3O2S/c13-12(14,15)10-17-18-11(21-10)16-6-5-7-3-1-2-4-8(7)9(19)20/h1-4H,5-6H2,(H,16,18)(H,19,20). The van der Waals surface area contributed by atoms with E-state index in [0.717, 1.165) is 0 Å². The molecule has 1 heterocycles. The van der Waals surface area contributed by atoms with Gasteiger partial charge in [-0.25, -0.2) is 4.79 Å². The van der Waals surface area contributed by atoms with E-state index in [1.807, 2.05) is 0 Å². The molecule has 1 aromatic carbocycles. The molecule has 0 atom stereocenters. The molecule has 0 fully saturated rings. The second-order valence-electron chi connectivity index (χ2n) is 4.05. The summed E-state index contributed by atoms with van der Waals surface area (Å²) in [5, 5.41) is 17.2. The van der Waals surface area contributed by atoms with Gasteiger partial charge >= 0.3 is 12.1 Å². The Hall–Kier alpha value is -2.16. The van der Waals surface area contributed by atoms with E-state index >= 15 is 0 Å². The van der Waals surface area contributed by atoms with Crippen LogP contribution in [-0.4, -0.2) is 27.8 Å². The Morgan fingerprint density at radius 2 is 2.00 bits per heavy atom. The summed E-state index contributed by atoms with van der Waals surface area (Å²) in [4.78, 5) is 11.0. The number of nitrogens with one attached hydrogen (secondary N) is 1. The highest BCUT2D eigenvalue weighted by molar-refractivity contribution is 7.15. The minimum absolute atomic E-state index is 0.0510. The second kappa shape index (κ2) is 6.08. The molecule has 0 saturated heterocycles. The van der Waals surface area contributed by atoms with E-state index in [-0.39, 0.29) is 17.2 Å². The molecule has 0 aliphatic rings. The molecule has 0 aliphatic carbocycles. The molecular weight excluding hydrogens is 307 g/mol. The zero-order valence-corrected chi connectivity index (χ0v) is 11.3. The lowest BCUT2D eigenvalue weighted by molar-refractivity contribution is -0.138. The van der Waals surface area contributed by atoms with Gasteiger partial charge in [0.15, 0.2) is 0 Å². The molecule has 0 bridgehead atoms. The summed E-state index contributed by atoms with van der Waals surface area (Å²) in [5.41, 5.74) is 0.769. The smallest absolute Gasteiger partial charge is 0.445 e. The van der Waals surface area contributed by atoms with Crippen molar-refractivity contribution in [2.24, 2.45) is 0 Å². The summed E-state index contributed by atoms with van der Waals surface area (Å²) in [6.07, 6.45) is -4.16. The van der Waals surface area contributed by atoms with Crippen LogP contribution in [0.3, 0.4) is 0 Å². The Bertz CT molecular complexity index is 643. The van der Waals surface area contributed by atoms with Crippen LogP contribution in [0, 0.1) is 0 Å². The molecule has 0 spiro atoms. The highest BCUT2D eigenvalue weighted by Crippen LogP contribution is 2.32. The molecule has 2 rings (SSSR count). The van der Waals surface area contributed by atoms with E-state index in [4.69, 9.17) is 5.11 Å². The fourth-order valence-electron chi connectivity index (χ4n) is 1.66. The third kappa shape index (κ3) is 3.91. The highest BCUT2D eigenvalue weighted by atomic mass is 32.1. The van der Waals surface area contributed by atoms with Gasteiger partial charge in [-0.15, -0.1) is 10.2 Å². The predicted octanol–water partition coefficient (Wildman–Crippen LogP) is 2.91. The lowest BCUT2D eigenvalue weighted by Crippen LogP contribution is -2.09. The molecule has 5 nitrogen and oxygen atoms in total. The molecule has 21 heavy (non-hydrogen) atoms. The molecule has 0 radical (unpaired) electrons. The average Bonchev–Trinajstić information content (AvgIpc) is 2.88. The SMILES string of the molecule is O=C(O)c1ccccc1CCNc1nnc(C(F)(F)F)s1. The van der Waals surface area contributed by atoms with Crippen LogP contribution in [-0.2, 0) is 12.6 Å². The lowest BCUT2D eigenvalue weighted by Gasteiger charge is -2.06. The number of nitrogens with zero attached hydrogens (tertiary/aromatic N) is 2. The number of carboxylic acids is 1. The molecule has 0 amide bonds. The number of aromatic nitrogens is 2. The minimum atomic E-state index is -4.51. The molecule has 9 heteroatoms. The van der Waals surface area contributed by atoms with Gasteiger partial charge in [0.25, 0.3) is 0 Å². The van der Waals surface area contributed by atoms with E-state index in [1.54, 1.807) is 18.2 Å². The van der Waals surface area contributed by atoms with Crippen LogP contribution in [0.2, 0.25) is 0 Å². The molecular formula is C12H10F3N3O2S. The average molecular weight is 317 g/mol. The Labute approximate surface area is 121 Å². The molecule has 112 valence electrons. The van der Waals surface area contributed by atoms with Crippen molar-refractivity contribution < 1.29 is 23.1 Å². The summed E-state index contributed by atoms with van der Waals surface area (Å²) >= 11 is 0.411. The van der Waals surface area contributed by atoms with Crippen LogP contribution in [0.15, 0.2) is 24.3 Å². The van der Waals surface area contributed by atoms with Crippen molar-refractivity contribution in [2.45, 2.75) is 12.6 Å². The zero-order chi connectivity index (χ0) is 15.5. The van der Waals surface area contributed by atoms with Crippen molar-refractivity contribution in [2.75, 3.05) is 11.9 Å². The Kier molecular flexibility index (Phi) is 4.41. The zero-order valence-electron chi connectivity index (χ0n) is 10.5. The first-order chi connectivity index (χ1) is 9.88. The van der Waals surface area contributed by atoms with Gasteiger partial charge in [0, 0.05) is 6.54 Å². The maximum Gasteiger partial charge on any atom is 0.445 e. The molecule has 2 aromatic rings. The van der Waals surface area contributed by atoms with Gasteiger partial charge in [-0.3, -0.25) is 0 Å². The van der Waals surface area contributed by atoms with E-state index in [9.17, 15) is 18.0 Å². The predicted molar refractivity (Wildman–Crippen MR) is 70.5 cm³/mol. The van der Waals surface area contributed by atoms with E-state index in [0.29, 0.717) is 23.3 Å². The van der Waals surface area contributed by atoms with Crippen molar-refractivity contribution in [3.63, 3.8) is 0 Å². The van der Waals surface area contributed by atoms with Gasteiger partial charge in [-0.05, 0) is 18.1 Å². The molecule has 0 aliphatic heterocycles. The summed E-state index contributed by atoms with van der Waals surface area (Å²) < 4.78 is 37.0. The number of hydrogen-bond acceptors (Lipinski definition) is 5. The van der Waals surface area contributed by atoms with Gasteiger partial charge in [0.2, 0.25) is 10.1 Å². The monoisotopic (exact) mass is 317 g/mol. The van der Waals surface area contributed by atoms with Crippen LogP contribution in [0.4, 0.5) is 18.3 Å². The normalized spacial score (nSPS) is 11.4. The number of halogens is 3. The van der Waals surface area contributed by atoms with Crippen LogP contribution >= 0.6 is 11.3 Å². The molecule has 0 saturated carbocycles. The highest BCUT2D eigenvalue weighted by Gasteiger charge is 2.35. The third-order valence-electron chi connectivity index (χ3n) is 2.59. The maximum atomic E-state index is 12.3. The quantitative estimate of drug-likeness (QED) is 0.887. The van der Waals surface area contributed by atoms with Gasteiger partial charge in [0.1, 0.15) is 0 Å². The largest absolute Gasteiger partial charge is 0.478 e. The summed E-state index contributed by atoms with van der Waals surface area (Å²) in [6.45, 7) is 0.261. The molecule has 0 unspecified atom stereocenters. The van der Waals surface area contributed by atoms with Crippen LogP contribution < -0.4 is 5.32 Å². The van der Waals surface area contributed by atoms with Crippen LogP contribution in [0.25, 0.3) is 0 Å². The fourth-order valence-corrected chi connectivity index (χ4v) is 2.30. The fraction of sp³-hybridized carbons (Fsp3) is 0.250. The maximum absolute atomic E-state index is 12.3. The number of aromatic carboxylic acids is 1. The van der Waals surface area contributed by atoms with Crippen LogP contribution in [0.5, 0.6) is 0 Å². The molecule has 2 N–H and O–H groups in total. The minimum Gasteiger partial charge on any atom is -0.478 e. The molecule has 1 aromatic heterocycles. The first-order valence-corrected chi connectivity index (χ1v) is 6.65. The number of rotatable bonds is 5. The summed E-state index contributed by atoms with van der Waals surface area (Å²) in [5.74, 6) is -1.04. The van der Waals surface area contributed by atoms with Crippen molar-refractivity contribution in [3.8, 4) is 0 Å². The lowest BCUT2D eigenvalue weighted by atomic mass is 10.1. The van der Waals surface area contributed by atoms with Crippen molar-refractivity contribution >= 4 is 22.4 Å². The van der Waals surface area contributed by atoms with Crippen molar-refractivity contribution in [1.82, 2.24) is 10.2 Å². The van der Waals surface area contributed by atoms with E-state index < -0.39 is 17.2 Å². The number of benzene rings is 1. The van der Waals surface area contributed by atoms with Gasteiger partial charge in [-0.2, -0.15) is 13.2 Å². The number of alkyl halides is 3. The number of hydrogen-bond donors (Lipinski definition) is 2. The third-order valence-corrected chi connectivity index (χ3v) is 3.51. The summed E-state index contributed by atoms with van der Waals surface area (Å²) in [6, 6.07) is 6.45. The second-order valence-corrected chi connectivity index (χ2v) is 5.03. The Balaban J connectivity index is 1.96. The number of carbonyl (C=O) groups is 1. The van der Waals surface area contributed by atoms with Crippen LogP contribution in [0.1, 0.15) is 20.9 Å². The van der Waals surface area contributed by atoms with Crippen molar-refractivity contribution in [3.05, 3.63) is 40.4 Å². The Morgan fingerprint density at radius 1 is 1.29 bits per heavy atom. The van der Waals surface area contributed by atoms with Gasteiger partial charge < -0.3 is 10.4 Å². The van der Waals surface area contributed by atoms with Gasteiger partial charge in [-0.1, -0.05) is 29.5 Å².